The summed E-state index contributed by atoms with van der Waals surface area (Å²) < 4.78 is 5.01. The van der Waals surface area contributed by atoms with Crippen LogP contribution in [0.5, 0.6) is 0 Å². The number of nitrogens with zero attached hydrogens (tertiary/aromatic N) is 1. The van der Waals surface area contributed by atoms with Crippen LogP contribution >= 0.6 is 11.3 Å². The molecule has 3 N–H and O–H groups in total. The molecule has 0 aliphatic carbocycles. The summed E-state index contributed by atoms with van der Waals surface area (Å²) >= 11 is 1.50. The Kier molecular flexibility index (Phi) is 4.01. The van der Waals surface area contributed by atoms with Crippen LogP contribution in [-0.4, -0.2) is 23.0 Å². The molecule has 0 saturated carbocycles. The van der Waals surface area contributed by atoms with E-state index in [1.54, 1.807) is 12.5 Å². The lowest BCUT2D eigenvalue weighted by Gasteiger charge is -2.18. The second-order valence-corrected chi connectivity index (χ2v) is 5.96. The number of aromatic nitrogens is 1. The molecule has 2 rings (SSSR count). The van der Waals surface area contributed by atoms with Crippen molar-refractivity contribution in [3.63, 3.8) is 0 Å². The molecule has 2 aromatic rings. The number of amides is 1. The number of rotatable bonds is 5. The van der Waals surface area contributed by atoms with E-state index in [4.69, 9.17) is 10.2 Å². The van der Waals surface area contributed by atoms with Gasteiger partial charge in [0.1, 0.15) is 11.3 Å². The van der Waals surface area contributed by atoms with Gasteiger partial charge in [-0.15, -0.1) is 11.3 Å². The van der Waals surface area contributed by atoms with Crippen molar-refractivity contribution in [3.05, 3.63) is 29.7 Å². The lowest BCUT2D eigenvalue weighted by Crippen LogP contribution is -2.45. The Morgan fingerprint density at radius 2 is 2.37 bits per heavy atom. The lowest BCUT2D eigenvalue weighted by molar-refractivity contribution is -0.120. The number of nitrogens with one attached hydrogen (secondary N) is 1. The van der Waals surface area contributed by atoms with Crippen LogP contribution in [0.2, 0.25) is 0 Å². The first kappa shape index (κ1) is 13.8. The van der Waals surface area contributed by atoms with Crippen molar-refractivity contribution >= 4 is 17.2 Å². The van der Waals surface area contributed by atoms with Gasteiger partial charge < -0.3 is 15.5 Å². The summed E-state index contributed by atoms with van der Waals surface area (Å²) in [5.74, 6) is -0.0671. The zero-order chi connectivity index (χ0) is 13.9. The van der Waals surface area contributed by atoms with Gasteiger partial charge in [0.25, 0.3) is 0 Å². The van der Waals surface area contributed by atoms with E-state index < -0.39 is 5.54 Å². The van der Waals surface area contributed by atoms with Gasteiger partial charge in [0.05, 0.1) is 18.4 Å². The Morgan fingerprint density at radius 3 is 3.00 bits per heavy atom. The first-order chi connectivity index (χ1) is 8.94. The Morgan fingerprint density at radius 1 is 1.58 bits per heavy atom. The third-order valence-corrected chi connectivity index (χ3v) is 3.34. The second kappa shape index (κ2) is 5.54. The molecule has 0 spiro atoms. The minimum absolute atomic E-state index is 0.0671. The van der Waals surface area contributed by atoms with Gasteiger partial charge in [0, 0.05) is 23.0 Å². The van der Waals surface area contributed by atoms with E-state index in [2.05, 4.69) is 10.3 Å². The van der Waals surface area contributed by atoms with Gasteiger partial charge in [-0.2, -0.15) is 0 Å². The predicted octanol–water partition coefficient (Wildman–Crippen LogP) is 1.80. The predicted molar refractivity (Wildman–Crippen MR) is 74.8 cm³/mol. The molecule has 102 valence electrons. The first-order valence-electron chi connectivity index (χ1n) is 5.96. The highest BCUT2D eigenvalue weighted by Crippen LogP contribution is 2.23. The minimum atomic E-state index is -0.403. The van der Waals surface area contributed by atoms with Gasteiger partial charge in [-0.3, -0.25) is 4.79 Å². The lowest BCUT2D eigenvalue weighted by atomic mass is 10.1. The maximum Gasteiger partial charge on any atom is 0.226 e. The molecule has 0 unspecified atom stereocenters. The molecule has 2 heterocycles. The molecular formula is C13H17N3O2S. The SMILES string of the molecule is CC(C)(N)CNC(=O)Cc1csc(-c2ccoc2)n1. The summed E-state index contributed by atoms with van der Waals surface area (Å²) in [5.41, 5.74) is 7.09. The van der Waals surface area contributed by atoms with Crippen LogP contribution in [0.15, 0.2) is 28.4 Å². The van der Waals surface area contributed by atoms with Gasteiger partial charge in [-0.25, -0.2) is 4.98 Å². The molecule has 2 aromatic heterocycles. The Bertz CT molecular complexity index is 540. The molecule has 0 aliphatic heterocycles. The molecule has 0 bridgehead atoms. The molecule has 0 radical (unpaired) electrons. The van der Waals surface area contributed by atoms with Gasteiger partial charge in [0.2, 0.25) is 5.91 Å². The quantitative estimate of drug-likeness (QED) is 0.874. The summed E-state index contributed by atoms with van der Waals surface area (Å²) in [4.78, 5) is 16.1. The van der Waals surface area contributed by atoms with E-state index in [0.29, 0.717) is 6.54 Å². The van der Waals surface area contributed by atoms with E-state index in [1.807, 2.05) is 25.3 Å². The van der Waals surface area contributed by atoms with Crippen LogP contribution in [0.4, 0.5) is 0 Å². The van der Waals surface area contributed by atoms with Crippen LogP contribution in [0.3, 0.4) is 0 Å². The molecule has 6 heteroatoms. The molecule has 5 nitrogen and oxygen atoms in total. The fraction of sp³-hybridized carbons (Fsp3) is 0.385. The number of carbonyl (C=O) groups is 1. The normalized spacial score (nSPS) is 11.5. The van der Waals surface area contributed by atoms with E-state index in [1.165, 1.54) is 11.3 Å². The topological polar surface area (TPSA) is 81.1 Å². The van der Waals surface area contributed by atoms with Crippen LogP contribution in [-0.2, 0) is 11.2 Å². The molecule has 19 heavy (non-hydrogen) atoms. The fourth-order valence-electron chi connectivity index (χ4n) is 1.46. The van der Waals surface area contributed by atoms with E-state index in [-0.39, 0.29) is 12.3 Å². The minimum Gasteiger partial charge on any atom is -0.472 e. The molecule has 0 aromatic carbocycles. The maximum absolute atomic E-state index is 11.7. The van der Waals surface area contributed by atoms with Gasteiger partial charge >= 0.3 is 0 Å². The van der Waals surface area contributed by atoms with Crippen molar-refractivity contribution in [2.24, 2.45) is 5.73 Å². The average Bonchev–Trinajstić information content (AvgIpc) is 2.94. The van der Waals surface area contributed by atoms with E-state index in [0.717, 1.165) is 16.3 Å². The maximum atomic E-state index is 11.7. The van der Waals surface area contributed by atoms with E-state index >= 15 is 0 Å². The highest BCUT2D eigenvalue weighted by molar-refractivity contribution is 7.13. The summed E-state index contributed by atoms with van der Waals surface area (Å²) in [6.07, 6.45) is 3.51. The Hall–Kier alpha value is -1.66. The molecule has 0 saturated heterocycles. The molecular weight excluding hydrogens is 262 g/mol. The molecule has 0 aliphatic rings. The molecule has 0 atom stereocenters. The monoisotopic (exact) mass is 279 g/mol. The zero-order valence-corrected chi connectivity index (χ0v) is 11.8. The largest absolute Gasteiger partial charge is 0.472 e. The number of hydrogen-bond donors (Lipinski definition) is 2. The van der Waals surface area contributed by atoms with Crippen molar-refractivity contribution in [1.29, 1.82) is 0 Å². The van der Waals surface area contributed by atoms with Gasteiger partial charge in [-0.05, 0) is 19.9 Å². The highest BCUT2D eigenvalue weighted by Gasteiger charge is 2.14. The number of thiazole rings is 1. The first-order valence-corrected chi connectivity index (χ1v) is 6.84. The standard InChI is InChI=1S/C13H17N3O2S/c1-13(2,14)8-15-11(17)5-10-7-19-12(16-10)9-3-4-18-6-9/h3-4,6-7H,5,8,14H2,1-2H3,(H,15,17). The summed E-state index contributed by atoms with van der Waals surface area (Å²) in [6, 6.07) is 1.85. The second-order valence-electron chi connectivity index (χ2n) is 5.10. The summed E-state index contributed by atoms with van der Waals surface area (Å²) in [6.45, 7) is 4.19. The van der Waals surface area contributed by atoms with Gasteiger partial charge in [-0.1, -0.05) is 0 Å². The van der Waals surface area contributed by atoms with Crippen molar-refractivity contribution in [1.82, 2.24) is 10.3 Å². The smallest absolute Gasteiger partial charge is 0.226 e. The van der Waals surface area contributed by atoms with Gasteiger partial charge in [0.15, 0.2) is 0 Å². The third kappa shape index (κ3) is 4.18. The number of furan rings is 1. The third-order valence-electron chi connectivity index (χ3n) is 2.40. The van der Waals surface area contributed by atoms with Crippen molar-refractivity contribution in [2.45, 2.75) is 25.8 Å². The highest BCUT2D eigenvalue weighted by atomic mass is 32.1. The Labute approximate surface area is 115 Å². The summed E-state index contributed by atoms with van der Waals surface area (Å²) in [7, 11) is 0. The van der Waals surface area contributed by atoms with Crippen molar-refractivity contribution in [3.8, 4) is 10.6 Å². The number of carbonyl (C=O) groups excluding carboxylic acids is 1. The van der Waals surface area contributed by atoms with Crippen LogP contribution in [0, 0.1) is 0 Å². The Balaban J connectivity index is 1.91. The average molecular weight is 279 g/mol. The summed E-state index contributed by atoms with van der Waals surface area (Å²) in [5, 5.41) is 5.54. The number of nitrogens with two attached hydrogens (primary N) is 1. The van der Waals surface area contributed by atoms with Crippen LogP contribution in [0.1, 0.15) is 19.5 Å². The van der Waals surface area contributed by atoms with Crippen LogP contribution in [0.25, 0.3) is 10.6 Å². The number of hydrogen-bond acceptors (Lipinski definition) is 5. The van der Waals surface area contributed by atoms with Crippen molar-refractivity contribution < 1.29 is 9.21 Å². The van der Waals surface area contributed by atoms with Crippen LogP contribution < -0.4 is 11.1 Å². The fourth-order valence-corrected chi connectivity index (χ4v) is 2.27. The molecule has 0 fully saturated rings. The van der Waals surface area contributed by atoms with E-state index in [9.17, 15) is 4.79 Å². The van der Waals surface area contributed by atoms with Crippen molar-refractivity contribution in [2.75, 3.05) is 6.54 Å². The zero-order valence-electron chi connectivity index (χ0n) is 11.0. The molecule has 1 amide bonds.